The van der Waals surface area contributed by atoms with Gasteiger partial charge in [-0.05, 0) is 42.3 Å². The van der Waals surface area contributed by atoms with Crippen molar-refractivity contribution in [1.82, 2.24) is 14.6 Å². The number of hydrogen-bond donors (Lipinski definition) is 0. The first-order chi connectivity index (χ1) is 12.2. The van der Waals surface area contributed by atoms with Gasteiger partial charge in [-0.15, -0.1) is 0 Å². The first-order valence-electron chi connectivity index (χ1n) is 8.06. The number of nitrogens with zero attached hydrogens (tertiary/aromatic N) is 3. The Kier molecular flexibility index (Phi) is 4.32. The third-order valence-corrected chi connectivity index (χ3v) is 4.94. The highest BCUT2D eigenvalue weighted by Gasteiger charge is 2.17. The average molecular weight is 413 g/mol. The van der Waals surface area contributed by atoms with E-state index < -0.39 is 0 Å². The lowest BCUT2D eigenvalue weighted by Gasteiger charge is -2.05. The highest BCUT2D eigenvalue weighted by molar-refractivity contribution is 9.10. The van der Waals surface area contributed by atoms with Gasteiger partial charge in [-0.1, -0.05) is 58.7 Å². The molecule has 0 aliphatic carbocycles. The molecule has 0 aliphatic rings. The predicted octanol–water partition coefficient (Wildman–Crippen LogP) is 6.04. The summed E-state index contributed by atoms with van der Waals surface area (Å²) in [5.74, 6) is 0. The van der Waals surface area contributed by atoms with Crippen LogP contribution in [0.2, 0.25) is 5.02 Å². The summed E-state index contributed by atoms with van der Waals surface area (Å²) in [5.41, 5.74) is 6.06. The number of halogens is 2. The SMILES string of the molecule is CCc1nn2c(-c3ccc(Br)cc3)ccnc2c1-c1cccc(Cl)c1. The predicted molar refractivity (Wildman–Crippen MR) is 106 cm³/mol. The summed E-state index contributed by atoms with van der Waals surface area (Å²) in [6, 6.07) is 18.1. The van der Waals surface area contributed by atoms with Crippen molar-refractivity contribution in [3.05, 3.63) is 76.0 Å². The summed E-state index contributed by atoms with van der Waals surface area (Å²) in [5, 5.41) is 5.55. The van der Waals surface area contributed by atoms with Crippen LogP contribution in [0.4, 0.5) is 0 Å². The van der Waals surface area contributed by atoms with E-state index in [9.17, 15) is 0 Å². The fraction of sp³-hybridized carbons (Fsp3) is 0.100. The highest BCUT2D eigenvalue weighted by Crippen LogP contribution is 2.32. The molecule has 0 saturated heterocycles. The van der Waals surface area contributed by atoms with Gasteiger partial charge in [-0.3, -0.25) is 0 Å². The van der Waals surface area contributed by atoms with Crippen molar-refractivity contribution in [2.24, 2.45) is 0 Å². The number of hydrogen-bond acceptors (Lipinski definition) is 2. The molecule has 4 rings (SSSR count). The molecular formula is C20H15BrClN3. The van der Waals surface area contributed by atoms with Crippen LogP contribution in [0.25, 0.3) is 28.0 Å². The Morgan fingerprint density at radius 2 is 1.84 bits per heavy atom. The Morgan fingerprint density at radius 3 is 2.56 bits per heavy atom. The zero-order chi connectivity index (χ0) is 17.4. The van der Waals surface area contributed by atoms with Crippen LogP contribution in [0, 0.1) is 0 Å². The van der Waals surface area contributed by atoms with Gasteiger partial charge in [0.15, 0.2) is 5.65 Å². The quantitative estimate of drug-likeness (QED) is 0.410. The van der Waals surface area contributed by atoms with Gasteiger partial charge in [0, 0.05) is 26.8 Å². The van der Waals surface area contributed by atoms with Gasteiger partial charge in [0.1, 0.15) is 0 Å². The molecule has 5 heteroatoms. The molecule has 0 spiro atoms. The monoisotopic (exact) mass is 411 g/mol. The Bertz CT molecular complexity index is 1050. The first-order valence-corrected chi connectivity index (χ1v) is 9.23. The zero-order valence-electron chi connectivity index (χ0n) is 13.6. The smallest absolute Gasteiger partial charge is 0.163 e. The number of benzene rings is 2. The van der Waals surface area contributed by atoms with Gasteiger partial charge >= 0.3 is 0 Å². The molecule has 0 fully saturated rings. The van der Waals surface area contributed by atoms with Crippen molar-refractivity contribution in [2.45, 2.75) is 13.3 Å². The molecule has 0 amide bonds. The van der Waals surface area contributed by atoms with Crippen LogP contribution in [0.5, 0.6) is 0 Å². The normalized spacial score (nSPS) is 11.2. The number of fused-ring (bicyclic) bond motifs is 1. The van der Waals surface area contributed by atoms with Crippen LogP contribution in [0.3, 0.4) is 0 Å². The molecule has 4 aromatic rings. The molecule has 0 atom stereocenters. The summed E-state index contributed by atoms with van der Waals surface area (Å²) in [4.78, 5) is 4.61. The van der Waals surface area contributed by atoms with Crippen LogP contribution in [-0.2, 0) is 6.42 Å². The van der Waals surface area contributed by atoms with E-state index >= 15 is 0 Å². The van der Waals surface area contributed by atoms with E-state index in [0.717, 1.165) is 44.6 Å². The van der Waals surface area contributed by atoms with Crippen LogP contribution in [0.1, 0.15) is 12.6 Å². The molecule has 0 saturated carbocycles. The molecule has 0 radical (unpaired) electrons. The minimum atomic E-state index is 0.711. The Hall–Kier alpha value is -2.17. The van der Waals surface area contributed by atoms with Crippen LogP contribution >= 0.6 is 27.5 Å². The lowest BCUT2D eigenvalue weighted by molar-refractivity contribution is 0.893. The number of aromatic nitrogens is 3. The molecule has 0 aliphatic heterocycles. The van der Waals surface area contributed by atoms with Crippen LogP contribution < -0.4 is 0 Å². The van der Waals surface area contributed by atoms with Gasteiger partial charge in [0.05, 0.1) is 11.4 Å². The maximum absolute atomic E-state index is 6.20. The third kappa shape index (κ3) is 2.96. The van der Waals surface area contributed by atoms with E-state index in [1.54, 1.807) is 0 Å². The first kappa shape index (κ1) is 16.3. The molecule has 0 N–H and O–H groups in total. The average Bonchev–Trinajstić information content (AvgIpc) is 3.01. The third-order valence-electron chi connectivity index (χ3n) is 4.18. The summed E-state index contributed by atoms with van der Waals surface area (Å²) >= 11 is 9.68. The second kappa shape index (κ2) is 6.62. The molecule has 2 aromatic heterocycles. The molecule has 2 heterocycles. The zero-order valence-corrected chi connectivity index (χ0v) is 15.9. The van der Waals surface area contributed by atoms with Gasteiger partial charge < -0.3 is 0 Å². The van der Waals surface area contributed by atoms with Crippen molar-refractivity contribution in [3.63, 3.8) is 0 Å². The van der Waals surface area contributed by atoms with Gasteiger partial charge in [-0.2, -0.15) is 5.10 Å². The molecule has 2 aromatic carbocycles. The highest BCUT2D eigenvalue weighted by atomic mass is 79.9. The minimum Gasteiger partial charge on any atom is -0.236 e. The second-order valence-electron chi connectivity index (χ2n) is 5.76. The Balaban J connectivity index is 1.99. The Labute approximate surface area is 159 Å². The van der Waals surface area contributed by atoms with Crippen molar-refractivity contribution < 1.29 is 0 Å². The molecule has 0 bridgehead atoms. The van der Waals surface area contributed by atoms with E-state index in [4.69, 9.17) is 16.7 Å². The minimum absolute atomic E-state index is 0.711. The lowest BCUT2D eigenvalue weighted by Crippen LogP contribution is -1.96. The summed E-state index contributed by atoms with van der Waals surface area (Å²) in [6.07, 6.45) is 2.66. The maximum atomic E-state index is 6.20. The maximum Gasteiger partial charge on any atom is 0.163 e. The van der Waals surface area contributed by atoms with E-state index in [1.807, 2.05) is 47.1 Å². The fourth-order valence-electron chi connectivity index (χ4n) is 3.02. The van der Waals surface area contributed by atoms with E-state index in [2.05, 4.69) is 46.0 Å². The Morgan fingerprint density at radius 1 is 1.04 bits per heavy atom. The number of aryl methyl sites for hydroxylation is 1. The van der Waals surface area contributed by atoms with Gasteiger partial charge in [0.25, 0.3) is 0 Å². The van der Waals surface area contributed by atoms with Crippen molar-refractivity contribution >= 4 is 33.2 Å². The molecule has 124 valence electrons. The van der Waals surface area contributed by atoms with E-state index in [-0.39, 0.29) is 0 Å². The van der Waals surface area contributed by atoms with Crippen molar-refractivity contribution in [3.8, 4) is 22.4 Å². The van der Waals surface area contributed by atoms with Gasteiger partial charge in [-0.25, -0.2) is 9.50 Å². The largest absolute Gasteiger partial charge is 0.236 e. The number of rotatable bonds is 3. The lowest BCUT2D eigenvalue weighted by atomic mass is 10.0. The van der Waals surface area contributed by atoms with Crippen LogP contribution in [0.15, 0.2) is 65.3 Å². The van der Waals surface area contributed by atoms with Crippen molar-refractivity contribution in [2.75, 3.05) is 0 Å². The molecule has 3 nitrogen and oxygen atoms in total. The van der Waals surface area contributed by atoms with Gasteiger partial charge in [0.2, 0.25) is 0 Å². The summed E-state index contributed by atoms with van der Waals surface area (Å²) < 4.78 is 2.98. The molecule has 25 heavy (non-hydrogen) atoms. The molecular weight excluding hydrogens is 398 g/mol. The fourth-order valence-corrected chi connectivity index (χ4v) is 3.47. The van der Waals surface area contributed by atoms with E-state index in [0.29, 0.717) is 5.02 Å². The summed E-state index contributed by atoms with van der Waals surface area (Å²) in [6.45, 7) is 2.11. The van der Waals surface area contributed by atoms with Crippen LogP contribution in [-0.4, -0.2) is 14.6 Å². The van der Waals surface area contributed by atoms with Crippen molar-refractivity contribution in [1.29, 1.82) is 0 Å². The van der Waals surface area contributed by atoms with E-state index in [1.165, 1.54) is 0 Å². The molecule has 0 unspecified atom stereocenters. The second-order valence-corrected chi connectivity index (χ2v) is 7.11. The summed E-state index contributed by atoms with van der Waals surface area (Å²) in [7, 11) is 0. The topological polar surface area (TPSA) is 30.2 Å². The standard InChI is InChI=1S/C20H15BrClN3/c1-2-17-19(14-4-3-5-16(22)12-14)20-23-11-10-18(25(20)24-17)13-6-8-15(21)9-7-13/h3-12H,2H2,1H3.